The van der Waals surface area contributed by atoms with Crippen LogP contribution in [-0.4, -0.2) is 10.9 Å². The maximum atomic E-state index is 13.8. The standard InChI is InChI=1S/C19H14F4N2O/c1-11(14-6-2-3-7-16(14)19(21,22)23)25-18(26)15-10-13(20)9-12-5-4-8-24-17(12)15/h2-11H,1H3,(H,25,26). The summed E-state index contributed by atoms with van der Waals surface area (Å²) in [5, 5.41) is 2.93. The van der Waals surface area contributed by atoms with Crippen molar-refractivity contribution in [2.24, 2.45) is 0 Å². The third-order valence-corrected chi connectivity index (χ3v) is 3.99. The van der Waals surface area contributed by atoms with E-state index in [0.717, 1.165) is 12.1 Å². The van der Waals surface area contributed by atoms with E-state index in [1.54, 1.807) is 12.1 Å². The molecule has 0 aliphatic heterocycles. The number of carbonyl (C=O) groups excluding carboxylic acids is 1. The highest BCUT2D eigenvalue weighted by atomic mass is 19.4. The van der Waals surface area contributed by atoms with Gasteiger partial charge in [0.25, 0.3) is 5.91 Å². The van der Waals surface area contributed by atoms with E-state index in [9.17, 15) is 22.4 Å². The van der Waals surface area contributed by atoms with Crippen LogP contribution >= 0.6 is 0 Å². The molecule has 1 atom stereocenters. The third kappa shape index (κ3) is 3.51. The summed E-state index contributed by atoms with van der Waals surface area (Å²) < 4.78 is 53.3. The first-order valence-electron chi connectivity index (χ1n) is 7.78. The van der Waals surface area contributed by atoms with Gasteiger partial charge in [0.05, 0.1) is 22.7 Å². The second-order valence-corrected chi connectivity index (χ2v) is 5.81. The molecule has 3 rings (SSSR count). The van der Waals surface area contributed by atoms with Gasteiger partial charge in [0.2, 0.25) is 0 Å². The molecule has 0 saturated carbocycles. The van der Waals surface area contributed by atoms with Gasteiger partial charge in [0, 0.05) is 11.6 Å². The Labute approximate surface area is 146 Å². The van der Waals surface area contributed by atoms with Gasteiger partial charge < -0.3 is 5.32 Å². The molecule has 3 aromatic rings. The molecule has 2 aromatic carbocycles. The molecule has 3 nitrogen and oxygen atoms in total. The molecule has 0 aliphatic carbocycles. The van der Waals surface area contributed by atoms with Gasteiger partial charge in [-0.1, -0.05) is 24.3 Å². The molecule has 1 aromatic heterocycles. The van der Waals surface area contributed by atoms with Crippen LogP contribution in [0.15, 0.2) is 54.7 Å². The molecule has 7 heteroatoms. The van der Waals surface area contributed by atoms with Gasteiger partial charge in [-0.15, -0.1) is 0 Å². The van der Waals surface area contributed by atoms with Gasteiger partial charge in [-0.2, -0.15) is 13.2 Å². The number of amides is 1. The lowest BCUT2D eigenvalue weighted by molar-refractivity contribution is -0.138. The lowest BCUT2D eigenvalue weighted by Crippen LogP contribution is -2.28. The first kappa shape index (κ1) is 17.8. The summed E-state index contributed by atoms with van der Waals surface area (Å²) in [6, 6.07) is 9.54. The summed E-state index contributed by atoms with van der Waals surface area (Å²) in [5.74, 6) is -1.32. The Morgan fingerprint density at radius 1 is 1.12 bits per heavy atom. The van der Waals surface area contributed by atoms with Crippen LogP contribution in [0.25, 0.3) is 10.9 Å². The van der Waals surface area contributed by atoms with E-state index >= 15 is 0 Å². The van der Waals surface area contributed by atoms with Gasteiger partial charge in [-0.3, -0.25) is 9.78 Å². The van der Waals surface area contributed by atoms with Gasteiger partial charge in [0.15, 0.2) is 0 Å². The van der Waals surface area contributed by atoms with Crippen molar-refractivity contribution in [3.63, 3.8) is 0 Å². The fraction of sp³-hybridized carbons (Fsp3) is 0.158. The van der Waals surface area contributed by atoms with Crippen LogP contribution in [0, 0.1) is 5.82 Å². The Morgan fingerprint density at radius 3 is 2.58 bits per heavy atom. The van der Waals surface area contributed by atoms with Crippen LogP contribution in [0.5, 0.6) is 0 Å². The summed E-state index contributed by atoms with van der Waals surface area (Å²) in [5.41, 5.74) is -0.642. The van der Waals surface area contributed by atoms with Gasteiger partial charge in [-0.05, 0) is 36.8 Å². The molecule has 1 N–H and O–H groups in total. The molecule has 0 aliphatic rings. The molecule has 26 heavy (non-hydrogen) atoms. The highest BCUT2D eigenvalue weighted by Gasteiger charge is 2.34. The van der Waals surface area contributed by atoms with Gasteiger partial charge in [-0.25, -0.2) is 4.39 Å². The monoisotopic (exact) mass is 362 g/mol. The summed E-state index contributed by atoms with van der Waals surface area (Å²) in [7, 11) is 0. The van der Waals surface area contributed by atoms with Crippen molar-refractivity contribution in [3.8, 4) is 0 Å². The van der Waals surface area contributed by atoms with E-state index in [2.05, 4.69) is 10.3 Å². The number of pyridine rings is 1. The van der Waals surface area contributed by atoms with E-state index in [0.29, 0.717) is 5.39 Å². The number of carbonyl (C=O) groups is 1. The molecule has 0 saturated heterocycles. The zero-order valence-corrected chi connectivity index (χ0v) is 13.6. The lowest BCUT2D eigenvalue weighted by Gasteiger charge is -2.19. The van der Waals surface area contributed by atoms with Crippen LogP contribution in [-0.2, 0) is 6.18 Å². The second-order valence-electron chi connectivity index (χ2n) is 5.81. The summed E-state index contributed by atoms with van der Waals surface area (Å²) in [4.78, 5) is 16.6. The Kier molecular flexibility index (Phi) is 4.63. The second kappa shape index (κ2) is 6.74. The van der Waals surface area contributed by atoms with Crippen LogP contribution < -0.4 is 5.32 Å². The molecule has 1 amide bonds. The fourth-order valence-electron chi connectivity index (χ4n) is 2.81. The van der Waals surface area contributed by atoms with Gasteiger partial charge in [0.1, 0.15) is 5.82 Å². The molecule has 0 radical (unpaired) electrons. The average Bonchev–Trinajstić information content (AvgIpc) is 2.60. The number of fused-ring (bicyclic) bond motifs is 1. The van der Waals surface area contributed by atoms with Crippen LogP contribution in [0.2, 0.25) is 0 Å². The Morgan fingerprint density at radius 2 is 1.85 bits per heavy atom. The highest BCUT2D eigenvalue weighted by molar-refractivity contribution is 6.05. The van der Waals surface area contributed by atoms with E-state index in [-0.39, 0.29) is 16.6 Å². The van der Waals surface area contributed by atoms with E-state index in [1.165, 1.54) is 37.4 Å². The van der Waals surface area contributed by atoms with Crippen molar-refractivity contribution in [1.82, 2.24) is 10.3 Å². The quantitative estimate of drug-likeness (QED) is 0.675. The maximum absolute atomic E-state index is 13.8. The lowest BCUT2D eigenvalue weighted by atomic mass is 10.0. The van der Waals surface area contributed by atoms with Crippen molar-refractivity contribution in [1.29, 1.82) is 0 Å². The number of aromatic nitrogens is 1. The maximum Gasteiger partial charge on any atom is 0.416 e. The number of rotatable bonds is 3. The molecule has 134 valence electrons. The molecule has 1 unspecified atom stereocenters. The normalized spacial score (nSPS) is 12.8. The summed E-state index contributed by atoms with van der Waals surface area (Å²) >= 11 is 0. The SMILES string of the molecule is CC(NC(=O)c1cc(F)cc2cccnc12)c1ccccc1C(F)(F)F. The van der Waals surface area contributed by atoms with Crippen molar-refractivity contribution in [2.45, 2.75) is 19.1 Å². The van der Waals surface area contributed by atoms with E-state index in [4.69, 9.17) is 0 Å². The number of alkyl halides is 3. The fourth-order valence-corrected chi connectivity index (χ4v) is 2.81. The van der Waals surface area contributed by atoms with Crippen molar-refractivity contribution >= 4 is 16.8 Å². The molecule has 0 bridgehead atoms. The smallest absolute Gasteiger partial charge is 0.345 e. The number of hydrogen-bond donors (Lipinski definition) is 1. The minimum absolute atomic E-state index is 0.0306. The van der Waals surface area contributed by atoms with Gasteiger partial charge >= 0.3 is 6.18 Å². The molecular weight excluding hydrogens is 348 g/mol. The van der Waals surface area contributed by atoms with Crippen LogP contribution in [0.3, 0.4) is 0 Å². The number of hydrogen-bond acceptors (Lipinski definition) is 2. The first-order chi connectivity index (χ1) is 12.3. The third-order valence-electron chi connectivity index (χ3n) is 3.99. The van der Waals surface area contributed by atoms with E-state index < -0.39 is 29.5 Å². The average molecular weight is 362 g/mol. The molecule has 0 spiro atoms. The van der Waals surface area contributed by atoms with E-state index in [1.807, 2.05) is 0 Å². The Bertz CT molecular complexity index is 969. The Balaban J connectivity index is 1.95. The predicted octanol–water partition coefficient (Wildman–Crippen LogP) is 4.88. The number of nitrogens with zero attached hydrogens (tertiary/aromatic N) is 1. The summed E-state index contributed by atoms with van der Waals surface area (Å²) in [6.07, 6.45) is -3.08. The summed E-state index contributed by atoms with van der Waals surface area (Å²) in [6.45, 7) is 1.44. The van der Waals surface area contributed by atoms with Crippen LogP contribution in [0.1, 0.15) is 34.5 Å². The first-order valence-corrected chi connectivity index (χ1v) is 7.78. The number of nitrogens with one attached hydrogen (secondary N) is 1. The number of benzene rings is 2. The minimum atomic E-state index is -4.54. The number of halogens is 4. The van der Waals surface area contributed by atoms with Crippen LogP contribution in [0.4, 0.5) is 17.6 Å². The molecular formula is C19H14F4N2O. The zero-order valence-electron chi connectivity index (χ0n) is 13.6. The Hall–Kier alpha value is -2.96. The molecule has 0 fully saturated rings. The zero-order chi connectivity index (χ0) is 18.9. The highest BCUT2D eigenvalue weighted by Crippen LogP contribution is 2.34. The molecule has 1 heterocycles. The predicted molar refractivity (Wildman–Crippen MR) is 89.0 cm³/mol. The van der Waals surface area contributed by atoms with Crippen molar-refractivity contribution in [2.75, 3.05) is 0 Å². The largest absolute Gasteiger partial charge is 0.416 e. The van der Waals surface area contributed by atoms with Crippen molar-refractivity contribution < 1.29 is 22.4 Å². The minimum Gasteiger partial charge on any atom is -0.345 e. The topological polar surface area (TPSA) is 42.0 Å². The van der Waals surface area contributed by atoms with Crippen molar-refractivity contribution in [3.05, 3.63) is 77.2 Å².